The minimum atomic E-state index is -0.437. The lowest BCUT2D eigenvalue weighted by Crippen LogP contribution is -2.36. The summed E-state index contributed by atoms with van der Waals surface area (Å²) in [7, 11) is 1.60. The van der Waals surface area contributed by atoms with Gasteiger partial charge in [-0.25, -0.2) is 0 Å². The molecule has 1 aromatic carbocycles. The van der Waals surface area contributed by atoms with Crippen LogP contribution in [-0.2, 0) is 19.0 Å². The van der Waals surface area contributed by atoms with E-state index in [4.69, 9.17) is 19.9 Å². The molecule has 2 N–H and O–H groups in total. The SMILES string of the molecule is COCCOC(CCC(N)=O)N1C=COC1c1ccc(C(=O)c2cccnc2)cc1. The Morgan fingerprint density at radius 1 is 1.20 bits per heavy atom. The maximum absolute atomic E-state index is 12.6. The van der Waals surface area contributed by atoms with Crippen LogP contribution in [0.1, 0.15) is 40.6 Å². The van der Waals surface area contributed by atoms with E-state index in [2.05, 4.69) is 4.98 Å². The van der Waals surface area contributed by atoms with E-state index in [1.165, 1.54) is 0 Å². The van der Waals surface area contributed by atoms with Gasteiger partial charge < -0.3 is 24.8 Å². The highest BCUT2D eigenvalue weighted by molar-refractivity contribution is 6.08. The number of methoxy groups -OCH3 is 1. The molecule has 1 aliphatic rings. The van der Waals surface area contributed by atoms with Crippen LogP contribution in [0.25, 0.3) is 0 Å². The van der Waals surface area contributed by atoms with Gasteiger partial charge in [0.1, 0.15) is 12.5 Å². The van der Waals surface area contributed by atoms with Crippen LogP contribution in [-0.4, -0.2) is 48.1 Å². The van der Waals surface area contributed by atoms with Crippen LogP contribution in [0.2, 0.25) is 0 Å². The highest BCUT2D eigenvalue weighted by Gasteiger charge is 2.30. The Bertz CT molecular complexity index is 870. The molecule has 0 radical (unpaired) electrons. The van der Waals surface area contributed by atoms with Crippen LogP contribution in [0.3, 0.4) is 0 Å². The highest BCUT2D eigenvalue weighted by Crippen LogP contribution is 2.31. The molecule has 158 valence electrons. The van der Waals surface area contributed by atoms with E-state index in [1.807, 2.05) is 17.0 Å². The number of ketones is 1. The predicted molar refractivity (Wildman–Crippen MR) is 109 cm³/mol. The minimum absolute atomic E-state index is 0.0980. The lowest BCUT2D eigenvalue weighted by molar-refractivity contribution is -0.124. The summed E-state index contributed by atoms with van der Waals surface area (Å²) in [6.45, 7) is 0.802. The fourth-order valence-corrected chi connectivity index (χ4v) is 3.14. The molecule has 1 aliphatic heterocycles. The largest absolute Gasteiger partial charge is 0.472 e. The Balaban J connectivity index is 1.73. The summed E-state index contributed by atoms with van der Waals surface area (Å²) in [4.78, 5) is 29.7. The molecule has 8 nitrogen and oxygen atoms in total. The van der Waals surface area contributed by atoms with E-state index in [9.17, 15) is 9.59 Å². The topological polar surface area (TPSA) is 104 Å². The Hall–Kier alpha value is -3.23. The molecular weight excluding hydrogens is 386 g/mol. The van der Waals surface area contributed by atoms with E-state index < -0.39 is 18.4 Å². The Labute approximate surface area is 175 Å². The molecule has 2 heterocycles. The smallest absolute Gasteiger partial charge is 0.217 e. The third-order valence-electron chi connectivity index (χ3n) is 4.66. The number of rotatable bonds is 11. The number of nitrogens with zero attached hydrogens (tertiary/aromatic N) is 2. The van der Waals surface area contributed by atoms with Gasteiger partial charge in [-0.1, -0.05) is 24.3 Å². The zero-order valence-corrected chi connectivity index (χ0v) is 16.8. The van der Waals surface area contributed by atoms with Crippen molar-refractivity contribution >= 4 is 11.7 Å². The van der Waals surface area contributed by atoms with Crippen molar-refractivity contribution in [1.29, 1.82) is 0 Å². The Morgan fingerprint density at radius 3 is 2.67 bits per heavy atom. The van der Waals surface area contributed by atoms with Crippen molar-refractivity contribution < 1.29 is 23.8 Å². The molecule has 0 fully saturated rings. The first-order chi connectivity index (χ1) is 14.6. The third-order valence-corrected chi connectivity index (χ3v) is 4.66. The number of nitrogens with two attached hydrogens (primary N) is 1. The number of hydrogen-bond donors (Lipinski definition) is 1. The number of ether oxygens (including phenoxy) is 3. The van der Waals surface area contributed by atoms with Gasteiger partial charge in [-0.05, 0) is 12.1 Å². The van der Waals surface area contributed by atoms with Crippen molar-refractivity contribution in [2.24, 2.45) is 5.73 Å². The van der Waals surface area contributed by atoms with Gasteiger partial charge in [-0.15, -0.1) is 0 Å². The van der Waals surface area contributed by atoms with Gasteiger partial charge in [0.2, 0.25) is 5.91 Å². The highest BCUT2D eigenvalue weighted by atomic mass is 16.5. The van der Waals surface area contributed by atoms with Crippen molar-refractivity contribution in [3.8, 4) is 0 Å². The summed E-state index contributed by atoms with van der Waals surface area (Å²) in [6, 6.07) is 10.7. The zero-order valence-electron chi connectivity index (χ0n) is 16.8. The van der Waals surface area contributed by atoms with Gasteiger partial charge in [0.05, 0.1) is 13.2 Å². The normalized spacial score (nSPS) is 16.3. The number of carbonyl (C=O) groups is 2. The summed E-state index contributed by atoms with van der Waals surface area (Å²) < 4.78 is 16.7. The first-order valence-corrected chi connectivity index (χ1v) is 9.63. The first kappa shape index (κ1) is 21.5. The first-order valence-electron chi connectivity index (χ1n) is 9.63. The second kappa shape index (κ2) is 10.5. The Kier molecular flexibility index (Phi) is 7.53. The molecule has 8 heteroatoms. The molecule has 0 saturated heterocycles. The van der Waals surface area contributed by atoms with Gasteiger partial charge in [0.25, 0.3) is 0 Å². The predicted octanol–water partition coefficient (Wildman–Crippen LogP) is 2.37. The van der Waals surface area contributed by atoms with Crippen molar-refractivity contribution in [3.05, 3.63) is 77.9 Å². The van der Waals surface area contributed by atoms with Crippen molar-refractivity contribution in [2.75, 3.05) is 20.3 Å². The van der Waals surface area contributed by atoms with Crippen LogP contribution in [0.5, 0.6) is 0 Å². The van der Waals surface area contributed by atoms with Gasteiger partial charge in [0, 0.05) is 55.2 Å². The molecule has 3 rings (SSSR count). The average Bonchev–Trinajstić information content (AvgIpc) is 3.26. The monoisotopic (exact) mass is 411 g/mol. The van der Waals surface area contributed by atoms with Gasteiger partial charge in [-0.3, -0.25) is 14.6 Å². The second-order valence-electron chi connectivity index (χ2n) is 6.74. The second-order valence-corrected chi connectivity index (χ2v) is 6.74. The Morgan fingerprint density at radius 2 is 2.00 bits per heavy atom. The fraction of sp³-hybridized carbons (Fsp3) is 0.318. The molecule has 30 heavy (non-hydrogen) atoms. The van der Waals surface area contributed by atoms with Crippen molar-refractivity contribution in [2.45, 2.75) is 25.3 Å². The van der Waals surface area contributed by atoms with Gasteiger partial charge in [0.15, 0.2) is 12.0 Å². The lowest BCUT2D eigenvalue weighted by Gasteiger charge is -2.32. The van der Waals surface area contributed by atoms with E-state index in [-0.39, 0.29) is 12.2 Å². The maximum atomic E-state index is 12.6. The van der Waals surface area contributed by atoms with E-state index in [0.717, 1.165) is 5.56 Å². The fourth-order valence-electron chi connectivity index (χ4n) is 3.14. The molecule has 0 bridgehead atoms. The molecule has 2 unspecified atom stereocenters. The molecule has 0 aliphatic carbocycles. The molecular formula is C22H25N3O5. The number of carbonyl (C=O) groups excluding carboxylic acids is 2. The standard InChI is InChI=1S/C22H25N3O5/c1-28-13-14-29-20(9-8-19(23)26)25-11-12-30-22(25)17-6-4-16(5-7-17)21(27)18-3-2-10-24-15-18/h2-7,10-12,15,20,22H,8-9,13-14H2,1H3,(H2,23,26). The molecule has 2 aromatic rings. The number of primary amides is 1. The van der Waals surface area contributed by atoms with Crippen LogP contribution in [0, 0.1) is 0 Å². The molecule has 1 amide bonds. The summed E-state index contributed by atoms with van der Waals surface area (Å²) >= 11 is 0. The number of benzene rings is 1. The molecule has 0 saturated carbocycles. The van der Waals surface area contributed by atoms with Crippen LogP contribution < -0.4 is 5.73 Å². The van der Waals surface area contributed by atoms with Gasteiger partial charge in [-0.2, -0.15) is 0 Å². The van der Waals surface area contributed by atoms with E-state index >= 15 is 0 Å². The van der Waals surface area contributed by atoms with Crippen LogP contribution in [0.4, 0.5) is 0 Å². The lowest BCUT2D eigenvalue weighted by atomic mass is 10.0. The summed E-state index contributed by atoms with van der Waals surface area (Å²) in [5, 5.41) is 0. The van der Waals surface area contributed by atoms with Crippen molar-refractivity contribution in [3.63, 3.8) is 0 Å². The maximum Gasteiger partial charge on any atom is 0.217 e. The summed E-state index contributed by atoms with van der Waals surface area (Å²) in [6.07, 6.45) is 6.29. The molecule has 1 aromatic heterocycles. The van der Waals surface area contributed by atoms with Crippen LogP contribution >= 0.6 is 0 Å². The number of amides is 1. The summed E-state index contributed by atoms with van der Waals surface area (Å²) in [5.41, 5.74) is 7.25. The average molecular weight is 411 g/mol. The zero-order chi connectivity index (χ0) is 21.3. The van der Waals surface area contributed by atoms with Gasteiger partial charge >= 0.3 is 0 Å². The van der Waals surface area contributed by atoms with Crippen molar-refractivity contribution in [1.82, 2.24) is 9.88 Å². The van der Waals surface area contributed by atoms with E-state index in [0.29, 0.717) is 30.8 Å². The number of pyridine rings is 1. The number of aromatic nitrogens is 1. The third kappa shape index (κ3) is 5.43. The summed E-state index contributed by atoms with van der Waals surface area (Å²) in [5.74, 6) is -0.492. The van der Waals surface area contributed by atoms with E-state index in [1.54, 1.807) is 56.2 Å². The molecule has 0 spiro atoms. The quantitative estimate of drug-likeness (QED) is 0.447. The van der Waals surface area contributed by atoms with Crippen LogP contribution in [0.15, 0.2) is 61.3 Å². The number of hydrogen-bond acceptors (Lipinski definition) is 7. The minimum Gasteiger partial charge on any atom is -0.472 e. The molecule has 2 atom stereocenters.